The van der Waals surface area contributed by atoms with Crippen molar-refractivity contribution in [2.24, 2.45) is 0 Å². The third kappa shape index (κ3) is 3.49. The number of carbonyl (C=O) groups excluding carboxylic acids is 1. The third-order valence-corrected chi connectivity index (χ3v) is 3.26. The molecule has 3 aromatic rings. The molecule has 0 radical (unpaired) electrons. The number of rotatable bonds is 5. The zero-order valence-corrected chi connectivity index (χ0v) is 12.8. The number of nitrogens with zero attached hydrogens (tertiary/aromatic N) is 3. The van der Waals surface area contributed by atoms with Crippen molar-refractivity contribution in [3.63, 3.8) is 0 Å². The molecule has 0 aliphatic rings. The van der Waals surface area contributed by atoms with E-state index < -0.39 is 11.3 Å². The summed E-state index contributed by atoms with van der Waals surface area (Å²) in [6.45, 7) is 0.585. The van der Waals surface area contributed by atoms with E-state index in [-0.39, 0.29) is 11.5 Å². The van der Waals surface area contributed by atoms with E-state index >= 15 is 0 Å². The van der Waals surface area contributed by atoms with Crippen LogP contribution >= 0.6 is 0 Å². The van der Waals surface area contributed by atoms with Crippen LogP contribution in [0.3, 0.4) is 0 Å². The molecule has 8 heteroatoms. The maximum absolute atomic E-state index is 12.1. The van der Waals surface area contributed by atoms with Crippen molar-refractivity contribution in [3.05, 3.63) is 70.8 Å². The van der Waals surface area contributed by atoms with Crippen LogP contribution < -0.4 is 15.5 Å². The number of nitrogens with one attached hydrogen (secondary N) is 1. The fourth-order valence-corrected chi connectivity index (χ4v) is 2.05. The van der Waals surface area contributed by atoms with Crippen molar-refractivity contribution in [3.8, 4) is 5.75 Å². The van der Waals surface area contributed by atoms with Crippen LogP contribution in [0.1, 0.15) is 16.1 Å². The molecule has 0 saturated heterocycles. The summed E-state index contributed by atoms with van der Waals surface area (Å²) in [6.07, 6.45) is 4.21. The zero-order chi connectivity index (χ0) is 16.9. The van der Waals surface area contributed by atoms with Crippen LogP contribution in [0.15, 0.2) is 58.5 Å². The first-order chi connectivity index (χ1) is 11.7. The van der Waals surface area contributed by atoms with Gasteiger partial charge in [0.05, 0.1) is 13.7 Å². The molecule has 0 fully saturated rings. The number of amides is 1. The Morgan fingerprint density at radius 2 is 2.12 bits per heavy atom. The molecule has 0 unspecified atom stereocenters. The maximum atomic E-state index is 12.1. The summed E-state index contributed by atoms with van der Waals surface area (Å²) in [5.74, 6) is -0.560. The minimum Gasteiger partial charge on any atom is -0.490 e. The monoisotopic (exact) mass is 326 g/mol. The lowest BCUT2D eigenvalue weighted by molar-refractivity contribution is 0.0993. The Kier molecular flexibility index (Phi) is 4.37. The smallest absolute Gasteiger partial charge is 0.291 e. The van der Waals surface area contributed by atoms with Crippen LogP contribution in [-0.2, 0) is 6.54 Å². The number of benzene rings is 1. The Hall–Kier alpha value is -3.42. The Labute approximate surface area is 136 Å². The van der Waals surface area contributed by atoms with E-state index in [4.69, 9.17) is 9.15 Å². The van der Waals surface area contributed by atoms with Crippen molar-refractivity contribution in [2.45, 2.75) is 6.54 Å². The van der Waals surface area contributed by atoms with Crippen molar-refractivity contribution >= 4 is 11.6 Å². The van der Waals surface area contributed by atoms with Gasteiger partial charge in [0.25, 0.3) is 5.91 Å². The van der Waals surface area contributed by atoms with E-state index in [2.05, 4.69) is 15.4 Å². The lowest BCUT2D eigenvalue weighted by Gasteiger charge is -2.06. The fourth-order valence-electron chi connectivity index (χ4n) is 2.05. The molecular weight excluding hydrogens is 312 g/mol. The highest BCUT2D eigenvalue weighted by atomic mass is 16.5. The zero-order valence-electron chi connectivity index (χ0n) is 12.8. The van der Waals surface area contributed by atoms with E-state index in [9.17, 15) is 9.59 Å². The van der Waals surface area contributed by atoms with E-state index in [1.807, 2.05) is 12.1 Å². The average Bonchev–Trinajstić information content (AvgIpc) is 3.09. The van der Waals surface area contributed by atoms with Gasteiger partial charge in [-0.25, -0.2) is 9.67 Å². The molecule has 3 rings (SSSR count). The number of anilines is 1. The molecule has 2 heterocycles. The molecule has 0 bridgehead atoms. The number of hydrogen-bond donors (Lipinski definition) is 1. The van der Waals surface area contributed by atoms with Crippen LogP contribution in [0.25, 0.3) is 0 Å². The van der Waals surface area contributed by atoms with Crippen molar-refractivity contribution in [1.82, 2.24) is 14.8 Å². The fraction of sp³-hybridized carbons (Fsp3) is 0.125. The van der Waals surface area contributed by atoms with Gasteiger partial charge in [0.15, 0.2) is 5.76 Å². The molecule has 2 aromatic heterocycles. The summed E-state index contributed by atoms with van der Waals surface area (Å²) in [6, 6.07) is 8.33. The van der Waals surface area contributed by atoms with Gasteiger partial charge in [0.2, 0.25) is 11.2 Å². The van der Waals surface area contributed by atoms with Crippen molar-refractivity contribution in [1.29, 1.82) is 0 Å². The van der Waals surface area contributed by atoms with E-state index in [1.165, 1.54) is 13.4 Å². The largest absolute Gasteiger partial charge is 0.490 e. The average molecular weight is 326 g/mol. The Morgan fingerprint density at radius 1 is 1.33 bits per heavy atom. The molecule has 8 nitrogen and oxygen atoms in total. The maximum Gasteiger partial charge on any atom is 0.291 e. The molecule has 0 aliphatic heterocycles. The second kappa shape index (κ2) is 6.78. The standard InChI is InChI=1S/C16H14N4O4/c1-23-15-8-24-14(6-13(15)21)16(22)19-12-4-2-11(3-5-12)7-20-10-17-9-18-20/h2-6,8-10H,7H2,1H3,(H,19,22). The summed E-state index contributed by atoms with van der Waals surface area (Å²) < 4.78 is 11.6. The normalized spacial score (nSPS) is 10.4. The molecule has 1 aromatic carbocycles. The molecule has 0 spiro atoms. The number of aromatic nitrogens is 3. The van der Waals surface area contributed by atoms with Gasteiger partial charge in [-0.15, -0.1) is 0 Å². The van der Waals surface area contributed by atoms with E-state index in [1.54, 1.807) is 23.1 Å². The van der Waals surface area contributed by atoms with Crippen LogP contribution in [0.5, 0.6) is 5.75 Å². The van der Waals surface area contributed by atoms with Crippen molar-refractivity contribution in [2.75, 3.05) is 12.4 Å². The van der Waals surface area contributed by atoms with E-state index in [0.717, 1.165) is 17.9 Å². The predicted octanol–water partition coefficient (Wildman–Crippen LogP) is 1.54. The van der Waals surface area contributed by atoms with Gasteiger partial charge in [-0.05, 0) is 17.7 Å². The number of hydrogen-bond acceptors (Lipinski definition) is 6. The summed E-state index contributed by atoms with van der Waals surface area (Å²) in [5.41, 5.74) is 1.17. The second-order valence-corrected chi connectivity index (χ2v) is 4.92. The summed E-state index contributed by atoms with van der Waals surface area (Å²) in [4.78, 5) is 27.6. The van der Waals surface area contributed by atoms with Gasteiger partial charge >= 0.3 is 0 Å². The summed E-state index contributed by atoms with van der Waals surface area (Å²) in [7, 11) is 1.35. The van der Waals surface area contributed by atoms with Crippen LogP contribution in [0.4, 0.5) is 5.69 Å². The highest BCUT2D eigenvalue weighted by Crippen LogP contribution is 2.13. The Bertz CT molecular complexity index is 885. The molecule has 122 valence electrons. The second-order valence-electron chi connectivity index (χ2n) is 4.92. The van der Waals surface area contributed by atoms with E-state index in [0.29, 0.717) is 12.2 Å². The third-order valence-electron chi connectivity index (χ3n) is 3.26. The van der Waals surface area contributed by atoms with Gasteiger partial charge in [-0.2, -0.15) is 5.10 Å². The first kappa shape index (κ1) is 15.5. The molecule has 24 heavy (non-hydrogen) atoms. The topological polar surface area (TPSA) is 99.2 Å². The Balaban J connectivity index is 1.68. The summed E-state index contributed by atoms with van der Waals surface area (Å²) >= 11 is 0. The van der Waals surface area contributed by atoms with Gasteiger partial charge in [0.1, 0.15) is 18.9 Å². The van der Waals surface area contributed by atoms with Crippen molar-refractivity contribution < 1.29 is 13.9 Å². The van der Waals surface area contributed by atoms with Crippen LogP contribution in [0, 0.1) is 0 Å². The highest BCUT2D eigenvalue weighted by molar-refractivity contribution is 6.02. The molecular formula is C16H14N4O4. The number of ether oxygens (including phenoxy) is 1. The highest BCUT2D eigenvalue weighted by Gasteiger charge is 2.12. The molecule has 0 saturated carbocycles. The lowest BCUT2D eigenvalue weighted by Crippen LogP contribution is -2.15. The minimum absolute atomic E-state index is 0.0454. The van der Waals surface area contributed by atoms with Crippen LogP contribution in [0.2, 0.25) is 0 Å². The number of methoxy groups -OCH3 is 1. The van der Waals surface area contributed by atoms with Gasteiger partial charge in [-0.3, -0.25) is 9.59 Å². The quantitative estimate of drug-likeness (QED) is 0.763. The molecule has 0 atom stereocenters. The molecule has 0 aliphatic carbocycles. The molecule has 1 amide bonds. The first-order valence-electron chi connectivity index (χ1n) is 7.05. The minimum atomic E-state index is -0.515. The van der Waals surface area contributed by atoms with Gasteiger partial charge in [0, 0.05) is 11.8 Å². The predicted molar refractivity (Wildman–Crippen MR) is 85.0 cm³/mol. The SMILES string of the molecule is COc1coc(C(=O)Nc2ccc(Cn3cncn3)cc2)cc1=O. The first-order valence-corrected chi connectivity index (χ1v) is 7.05. The van der Waals surface area contributed by atoms with Gasteiger partial charge in [-0.1, -0.05) is 12.1 Å². The number of carbonyl (C=O) groups is 1. The molecule has 1 N–H and O–H groups in total. The lowest BCUT2D eigenvalue weighted by atomic mass is 10.2. The van der Waals surface area contributed by atoms with Gasteiger partial charge < -0.3 is 14.5 Å². The Morgan fingerprint density at radius 3 is 2.75 bits per heavy atom. The van der Waals surface area contributed by atoms with Crippen LogP contribution in [-0.4, -0.2) is 27.8 Å². The summed E-state index contributed by atoms with van der Waals surface area (Å²) in [5, 5.41) is 6.69.